The molecule has 5 heteroatoms. The van der Waals surface area contributed by atoms with Crippen molar-refractivity contribution < 1.29 is 13.9 Å². The average molecular weight is 266 g/mol. The first-order chi connectivity index (χ1) is 9.28. The highest BCUT2D eigenvalue weighted by atomic mass is 19.1. The normalized spacial score (nSPS) is 14.2. The fourth-order valence-corrected chi connectivity index (χ4v) is 1.74. The lowest BCUT2D eigenvalue weighted by molar-refractivity contribution is -0.115. The number of carbonyl (C=O) groups excluding carboxylic acids is 1. The lowest BCUT2D eigenvalue weighted by Gasteiger charge is -2.08. The Morgan fingerprint density at radius 2 is 2.26 bits per heavy atom. The van der Waals surface area contributed by atoms with Crippen molar-refractivity contribution in [2.24, 2.45) is 5.92 Å². The lowest BCUT2D eigenvalue weighted by Crippen LogP contribution is -2.29. The highest BCUT2D eigenvalue weighted by Gasteiger charge is 2.20. The number of hydrogen-bond acceptors (Lipinski definition) is 3. The van der Waals surface area contributed by atoms with Gasteiger partial charge in [0.05, 0.1) is 6.54 Å². The molecule has 1 aromatic rings. The van der Waals surface area contributed by atoms with Crippen molar-refractivity contribution in [3.05, 3.63) is 24.3 Å². The maximum atomic E-state index is 12.0. The van der Waals surface area contributed by atoms with Crippen molar-refractivity contribution in [1.29, 1.82) is 0 Å². The minimum absolute atomic E-state index is 0.0281. The zero-order valence-corrected chi connectivity index (χ0v) is 10.8. The van der Waals surface area contributed by atoms with Gasteiger partial charge in [-0.15, -0.1) is 0 Å². The van der Waals surface area contributed by atoms with Gasteiger partial charge in [0, 0.05) is 11.8 Å². The first-order valence-corrected chi connectivity index (χ1v) is 6.57. The quantitative estimate of drug-likeness (QED) is 0.756. The summed E-state index contributed by atoms with van der Waals surface area (Å²) < 4.78 is 17.2. The van der Waals surface area contributed by atoms with Crippen molar-refractivity contribution in [3.8, 4) is 5.75 Å². The van der Waals surface area contributed by atoms with Crippen LogP contribution in [0.2, 0.25) is 0 Å². The van der Waals surface area contributed by atoms with E-state index in [0.29, 0.717) is 18.0 Å². The predicted octanol–water partition coefficient (Wildman–Crippen LogP) is 1.97. The third-order valence-electron chi connectivity index (χ3n) is 2.88. The van der Waals surface area contributed by atoms with E-state index in [9.17, 15) is 9.18 Å². The molecule has 0 aliphatic heterocycles. The first-order valence-electron chi connectivity index (χ1n) is 6.57. The van der Waals surface area contributed by atoms with Crippen LogP contribution in [-0.4, -0.2) is 32.3 Å². The van der Waals surface area contributed by atoms with Crippen molar-refractivity contribution >= 4 is 11.6 Å². The largest absolute Gasteiger partial charge is 0.491 e. The van der Waals surface area contributed by atoms with Gasteiger partial charge in [-0.25, -0.2) is 4.39 Å². The molecular weight excluding hydrogens is 247 g/mol. The number of amides is 1. The minimum Gasteiger partial charge on any atom is -0.491 e. The molecule has 1 fully saturated rings. The Labute approximate surface area is 112 Å². The standard InChI is InChI=1S/C14H19FN2O2/c15-6-7-19-13-3-1-2-12(8-13)17-14(18)10-16-9-11-4-5-11/h1-3,8,11,16H,4-7,9-10H2,(H,17,18). The van der Waals surface area contributed by atoms with Crippen LogP contribution in [0, 0.1) is 5.92 Å². The molecule has 0 atom stereocenters. The number of rotatable bonds is 8. The van der Waals surface area contributed by atoms with E-state index in [2.05, 4.69) is 10.6 Å². The molecular formula is C14H19FN2O2. The summed E-state index contributed by atoms with van der Waals surface area (Å²) in [5.74, 6) is 1.23. The number of benzene rings is 1. The van der Waals surface area contributed by atoms with Crippen LogP contribution >= 0.6 is 0 Å². The molecule has 0 spiro atoms. The molecule has 2 rings (SSSR count). The molecule has 1 amide bonds. The Morgan fingerprint density at radius 3 is 3.00 bits per heavy atom. The lowest BCUT2D eigenvalue weighted by atomic mass is 10.3. The molecule has 0 saturated heterocycles. The minimum atomic E-state index is -0.526. The van der Waals surface area contributed by atoms with E-state index in [-0.39, 0.29) is 12.5 Å². The van der Waals surface area contributed by atoms with Gasteiger partial charge < -0.3 is 15.4 Å². The molecule has 0 aromatic heterocycles. The number of carbonyl (C=O) groups is 1. The van der Waals surface area contributed by atoms with E-state index in [4.69, 9.17) is 4.74 Å². The van der Waals surface area contributed by atoms with Gasteiger partial charge in [0.25, 0.3) is 0 Å². The molecule has 19 heavy (non-hydrogen) atoms. The van der Waals surface area contributed by atoms with Crippen LogP contribution in [0.5, 0.6) is 5.75 Å². The predicted molar refractivity (Wildman–Crippen MR) is 72.1 cm³/mol. The van der Waals surface area contributed by atoms with Crippen LogP contribution in [0.4, 0.5) is 10.1 Å². The second-order valence-electron chi connectivity index (χ2n) is 4.69. The molecule has 0 unspecified atom stereocenters. The van der Waals surface area contributed by atoms with E-state index >= 15 is 0 Å². The summed E-state index contributed by atoms with van der Waals surface area (Å²) in [6, 6.07) is 6.97. The van der Waals surface area contributed by atoms with Gasteiger partial charge in [-0.05, 0) is 37.4 Å². The highest BCUT2D eigenvalue weighted by Crippen LogP contribution is 2.27. The van der Waals surface area contributed by atoms with Gasteiger partial charge in [-0.3, -0.25) is 4.79 Å². The van der Waals surface area contributed by atoms with Crippen LogP contribution < -0.4 is 15.4 Å². The van der Waals surface area contributed by atoms with Crippen molar-refractivity contribution in [2.45, 2.75) is 12.8 Å². The molecule has 0 heterocycles. The Kier molecular flexibility index (Phi) is 5.15. The topological polar surface area (TPSA) is 50.4 Å². The van der Waals surface area contributed by atoms with Gasteiger partial charge in [-0.2, -0.15) is 0 Å². The number of nitrogens with one attached hydrogen (secondary N) is 2. The summed E-state index contributed by atoms with van der Waals surface area (Å²) in [6.45, 7) is 0.723. The molecule has 1 aromatic carbocycles. The van der Waals surface area contributed by atoms with Crippen molar-refractivity contribution in [3.63, 3.8) is 0 Å². The molecule has 1 aliphatic carbocycles. The van der Waals surface area contributed by atoms with E-state index in [0.717, 1.165) is 12.5 Å². The Bertz CT molecular complexity index is 422. The summed E-state index contributed by atoms with van der Waals surface area (Å²) in [4.78, 5) is 11.7. The van der Waals surface area contributed by atoms with Crippen LogP contribution in [0.3, 0.4) is 0 Å². The van der Waals surface area contributed by atoms with E-state index in [1.54, 1.807) is 24.3 Å². The number of halogens is 1. The molecule has 0 bridgehead atoms. The molecule has 1 aliphatic rings. The number of hydrogen-bond donors (Lipinski definition) is 2. The maximum Gasteiger partial charge on any atom is 0.238 e. The Morgan fingerprint density at radius 1 is 1.42 bits per heavy atom. The van der Waals surface area contributed by atoms with E-state index in [1.165, 1.54) is 12.8 Å². The third kappa shape index (κ3) is 5.26. The van der Waals surface area contributed by atoms with Gasteiger partial charge in [0.1, 0.15) is 19.0 Å². The molecule has 4 nitrogen and oxygen atoms in total. The molecule has 0 radical (unpaired) electrons. The van der Waals surface area contributed by atoms with Crippen molar-refractivity contribution in [2.75, 3.05) is 31.7 Å². The Balaban J connectivity index is 1.74. The Hall–Kier alpha value is -1.62. The van der Waals surface area contributed by atoms with Crippen LogP contribution in [0.15, 0.2) is 24.3 Å². The third-order valence-corrected chi connectivity index (χ3v) is 2.88. The fourth-order valence-electron chi connectivity index (χ4n) is 1.74. The van der Waals surface area contributed by atoms with Crippen LogP contribution in [0.1, 0.15) is 12.8 Å². The van der Waals surface area contributed by atoms with Crippen LogP contribution in [-0.2, 0) is 4.79 Å². The zero-order valence-electron chi connectivity index (χ0n) is 10.8. The van der Waals surface area contributed by atoms with Crippen LogP contribution in [0.25, 0.3) is 0 Å². The molecule has 1 saturated carbocycles. The second-order valence-corrected chi connectivity index (χ2v) is 4.69. The SMILES string of the molecule is O=C(CNCC1CC1)Nc1cccc(OCCF)c1. The molecule has 104 valence electrons. The summed E-state index contributed by atoms with van der Waals surface area (Å²) in [5, 5.41) is 5.90. The highest BCUT2D eigenvalue weighted by molar-refractivity contribution is 5.92. The summed E-state index contributed by atoms with van der Waals surface area (Å²) in [5.41, 5.74) is 0.662. The van der Waals surface area contributed by atoms with Gasteiger partial charge in [-0.1, -0.05) is 6.07 Å². The van der Waals surface area contributed by atoms with Crippen molar-refractivity contribution in [1.82, 2.24) is 5.32 Å². The van der Waals surface area contributed by atoms with Gasteiger partial charge in [0.2, 0.25) is 5.91 Å². The number of anilines is 1. The monoisotopic (exact) mass is 266 g/mol. The number of alkyl halides is 1. The van der Waals surface area contributed by atoms with Gasteiger partial charge >= 0.3 is 0 Å². The average Bonchev–Trinajstić information content (AvgIpc) is 3.21. The smallest absolute Gasteiger partial charge is 0.238 e. The zero-order chi connectivity index (χ0) is 13.5. The number of ether oxygens (including phenoxy) is 1. The summed E-state index contributed by atoms with van der Waals surface area (Å²) >= 11 is 0. The fraction of sp³-hybridized carbons (Fsp3) is 0.500. The molecule has 2 N–H and O–H groups in total. The first kappa shape index (κ1) is 13.8. The van der Waals surface area contributed by atoms with E-state index in [1.807, 2.05) is 0 Å². The van der Waals surface area contributed by atoms with Gasteiger partial charge in [0.15, 0.2) is 0 Å². The maximum absolute atomic E-state index is 12.0. The van der Waals surface area contributed by atoms with E-state index < -0.39 is 6.67 Å². The second kappa shape index (κ2) is 7.09. The summed E-state index contributed by atoms with van der Waals surface area (Å²) in [6.07, 6.45) is 2.53. The summed E-state index contributed by atoms with van der Waals surface area (Å²) in [7, 11) is 0.